The summed E-state index contributed by atoms with van der Waals surface area (Å²) in [6.45, 7) is 11.7. The van der Waals surface area contributed by atoms with Crippen LogP contribution in [0.25, 0.3) is 0 Å². The van der Waals surface area contributed by atoms with Crippen LogP contribution in [0.2, 0.25) is 0 Å². The topological polar surface area (TPSA) is 61.9 Å². The van der Waals surface area contributed by atoms with Crippen LogP contribution in [0.4, 0.5) is 5.69 Å². The number of anilines is 1. The maximum absolute atomic E-state index is 13.5. The van der Waals surface area contributed by atoms with E-state index in [1.54, 1.807) is 4.90 Å². The molecular weight excluding hydrogens is 366 g/mol. The Hall–Kier alpha value is -2.08. The molecule has 6 nitrogen and oxygen atoms in total. The van der Waals surface area contributed by atoms with Crippen LogP contribution in [-0.4, -0.2) is 53.5 Å². The summed E-state index contributed by atoms with van der Waals surface area (Å²) in [5, 5.41) is 3.69. The zero-order valence-electron chi connectivity index (χ0n) is 18.5. The number of amides is 2. The van der Waals surface area contributed by atoms with Crippen molar-refractivity contribution in [3.63, 3.8) is 0 Å². The van der Waals surface area contributed by atoms with Crippen molar-refractivity contribution in [1.82, 2.24) is 10.2 Å². The van der Waals surface area contributed by atoms with E-state index in [4.69, 9.17) is 4.74 Å². The fourth-order valence-corrected chi connectivity index (χ4v) is 4.88. The van der Waals surface area contributed by atoms with Gasteiger partial charge in [-0.3, -0.25) is 14.5 Å². The summed E-state index contributed by atoms with van der Waals surface area (Å²) in [6.07, 6.45) is 3.80. The number of hydrogen-bond acceptors (Lipinski definition) is 4. The van der Waals surface area contributed by atoms with Crippen molar-refractivity contribution in [3.8, 4) is 5.75 Å². The molecule has 0 saturated carbocycles. The molecule has 0 aliphatic carbocycles. The van der Waals surface area contributed by atoms with Crippen molar-refractivity contribution < 1.29 is 14.3 Å². The highest BCUT2D eigenvalue weighted by Crippen LogP contribution is 2.34. The minimum atomic E-state index is -0.168. The molecule has 0 bridgehead atoms. The lowest BCUT2D eigenvalue weighted by Crippen LogP contribution is -2.63. The van der Waals surface area contributed by atoms with E-state index in [2.05, 4.69) is 39.9 Å². The molecule has 2 amide bonds. The van der Waals surface area contributed by atoms with Crippen molar-refractivity contribution in [2.45, 2.75) is 77.4 Å². The molecule has 29 heavy (non-hydrogen) atoms. The van der Waals surface area contributed by atoms with Crippen LogP contribution in [0, 0.1) is 0 Å². The van der Waals surface area contributed by atoms with E-state index < -0.39 is 0 Å². The van der Waals surface area contributed by atoms with Crippen molar-refractivity contribution in [1.29, 1.82) is 0 Å². The van der Waals surface area contributed by atoms with Gasteiger partial charge in [0, 0.05) is 23.7 Å². The summed E-state index contributed by atoms with van der Waals surface area (Å²) in [7, 11) is 0. The number of rotatable bonds is 6. The third-order valence-corrected chi connectivity index (χ3v) is 5.78. The van der Waals surface area contributed by atoms with Gasteiger partial charge in [0.1, 0.15) is 12.3 Å². The molecule has 1 fully saturated rings. The molecule has 6 heteroatoms. The highest BCUT2D eigenvalue weighted by Gasteiger charge is 2.41. The number of para-hydroxylation sites is 2. The summed E-state index contributed by atoms with van der Waals surface area (Å²) in [5.74, 6) is 0.504. The number of nitrogens with zero attached hydrogens (tertiary/aromatic N) is 2. The Morgan fingerprint density at radius 3 is 2.52 bits per heavy atom. The van der Waals surface area contributed by atoms with E-state index in [9.17, 15) is 9.59 Å². The highest BCUT2D eigenvalue weighted by molar-refractivity contribution is 6.02. The van der Waals surface area contributed by atoms with E-state index in [0.717, 1.165) is 32.2 Å². The van der Waals surface area contributed by atoms with Gasteiger partial charge < -0.3 is 15.0 Å². The standard InChI is InChI=1S/C23H35N3O3/c1-6-7-12-25(17-13-22(2,3)24-23(4,5)14-17)20(27)15-26-18-10-8-9-11-19(18)29-16-21(26)28/h8-11,17,24H,6-7,12-16H2,1-5H3. The van der Waals surface area contributed by atoms with E-state index in [1.807, 2.05) is 29.2 Å². The van der Waals surface area contributed by atoms with Crippen LogP contribution >= 0.6 is 0 Å². The SMILES string of the molecule is CCCCN(C(=O)CN1C(=O)COc2ccccc21)C1CC(C)(C)NC(C)(C)C1. The molecule has 3 rings (SSSR count). The molecule has 0 spiro atoms. The Balaban J connectivity index is 1.82. The van der Waals surface area contributed by atoms with Crippen LogP contribution in [0.1, 0.15) is 60.3 Å². The Kier molecular flexibility index (Phi) is 6.22. The van der Waals surface area contributed by atoms with Gasteiger partial charge in [-0.2, -0.15) is 0 Å². The second-order valence-electron chi connectivity index (χ2n) is 9.63. The zero-order chi connectivity index (χ0) is 21.2. The Morgan fingerprint density at radius 2 is 1.86 bits per heavy atom. The number of nitrogens with one attached hydrogen (secondary N) is 1. The quantitative estimate of drug-likeness (QED) is 0.794. The van der Waals surface area contributed by atoms with Crippen molar-refractivity contribution in [3.05, 3.63) is 24.3 Å². The summed E-state index contributed by atoms with van der Waals surface area (Å²) in [5.41, 5.74) is 0.593. The molecule has 1 N–H and O–H groups in total. The maximum atomic E-state index is 13.5. The Labute approximate surface area is 174 Å². The lowest BCUT2D eigenvalue weighted by Gasteiger charge is -2.50. The zero-order valence-corrected chi connectivity index (χ0v) is 18.5. The van der Waals surface area contributed by atoms with Crippen LogP contribution in [0.15, 0.2) is 24.3 Å². The Bertz CT molecular complexity index is 743. The number of carbonyl (C=O) groups excluding carboxylic acids is 2. The number of piperidine rings is 1. The average Bonchev–Trinajstić information content (AvgIpc) is 2.62. The second-order valence-corrected chi connectivity index (χ2v) is 9.63. The summed E-state index contributed by atoms with van der Waals surface area (Å²) in [4.78, 5) is 29.6. The van der Waals surface area contributed by atoms with Gasteiger partial charge in [-0.15, -0.1) is 0 Å². The van der Waals surface area contributed by atoms with Crippen molar-refractivity contribution >= 4 is 17.5 Å². The molecular formula is C23H35N3O3. The van der Waals surface area contributed by atoms with Gasteiger partial charge in [0.15, 0.2) is 6.61 Å². The molecule has 0 aromatic heterocycles. The van der Waals surface area contributed by atoms with Crippen molar-refractivity contribution in [2.24, 2.45) is 0 Å². The van der Waals surface area contributed by atoms with Crippen LogP contribution in [-0.2, 0) is 9.59 Å². The van der Waals surface area contributed by atoms with Crippen molar-refractivity contribution in [2.75, 3.05) is 24.6 Å². The number of carbonyl (C=O) groups is 2. The van der Waals surface area contributed by atoms with E-state index in [0.29, 0.717) is 11.4 Å². The smallest absolute Gasteiger partial charge is 0.265 e. The predicted octanol–water partition coefficient (Wildman–Crippen LogP) is 3.35. The van der Waals surface area contributed by atoms with Gasteiger partial charge in [0.05, 0.1) is 5.69 Å². The Morgan fingerprint density at radius 1 is 1.21 bits per heavy atom. The molecule has 1 aromatic carbocycles. The van der Waals surface area contributed by atoms with Crippen LogP contribution in [0.5, 0.6) is 5.75 Å². The fraction of sp³-hybridized carbons (Fsp3) is 0.652. The highest BCUT2D eigenvalue weighted by atomic mass is 16.5. The van der Waals surface area contributed by atoms with Gasteiger partial charge >= 0.3 is 0 Å². The number of unbranched alkanes of at least 4 members (excludes halogenated alkanes) is 1. The van der Waals surface area contributed by atoms with Gasteiger partial charge in [-0.25, -0.2) is 0 Å². The lowest BCUT2D eigenvalue weighted by molar-refractivity contribution is -0.135. The van der Waals surface area contributed by atoms with E-state index >= 15 is 0 Å². The van der Waals surface area contributed by atoms with E-state index in [1.165, 1.54) is 0 Å². The molecule has 2 aliphatic heterocycles. The molecule has 1 aromatic rings. The number of ether oxygens (including phenoxy) is 1. The van der Waals surface area contributed by atoms with Gasteiger partial charge in [0.2, 0.25) is 5.91 Å². The monoisotopic (exact) mass is 401 g/mol. The minimum absolute atomic E-state index is 0.0157. The van der Waals surface area contributed by atoms with Gasteiger partial charge in [-0.05, 0) is 59.1 Å². The third kappa shape index (κ3) is 5.10. The molecule has 1 saturated heterocycles. The summed E-state index contributed by atoms with van der Waals surface area (Å²) in [6, 6.07) is 7.58. The number of benzene rings is 1. The maximum Gasteiger partial charge on any atom is 0.265 e. The first-order chi connectivity index (χ1) is 13.6. The molecule has 160 valence electrons. The van der Waals surface area contributed by atoms with Crippen LogP contribution < -0.4 is 15.0 Å². The largest absolute Gasteiger partial charge is 0.482 e. The van der Waals surface area contributed by atoms with Gasteiger partial charge in [0.25, 0.3) is 5.91 Å². The fourth-order valence-electron chi connectivity index (χ4n) is 4.88. The minimum Gasteiger partial charge on any atom is -0.482 e. The van der Waals surface area contributed by atoms with E-state index in [-0.39, 0.29) is 42.1 Å². The lowest BCUT2D eigenvalue weighted by atomic mass is 9.79. The summed E-state index contributed by atoms with van der Waals surface area (Å²) < 4.78 is 5.52. The second kappa shape index (κ2) is 8.34. The first-order valence-electron chi connectivity index (χ1n) is 10.7. The van der Waals surface area contributed by atoms with Crippen LogP contribution in [0.3, 0.4) is 0 Å². The normalized spacial score (nSPS) is 20.7. The number of hydrogen-bond donors (Lipinski definition) is 1. The summed E-state index contributed by atoms with van der Waals surface area (Å²) >= 11 is 0. The molecule has 2 aliphatic rings. The average molecular weight is 402 g/mol. The number of fused-ring (bicyclic) bond motifs is 1. The molecule has 0 atom stereocenters. The van der Waals surface area contributed by atoms with Gasteiger partial charge in [-0.1, -0.05) is 25.5 Å². The first kappa shape index (κ1) is 21.6. The third-order valence-electron chi connectivity index (χ3n) is 5.78. The molecule has 0 unspecified atom stereocenters. The molecule has 2 heterocycles. The predicted molar refractivity (Wildman–Crippen MR) is 115 cm³/mol. The first-order valence-corrected chi connectivity index (χ1v) is 10.7. The molecule has 0 radical (unpaired) electrons.